The van der Waals surface area contributed by atoms with Gasteiger partial charge in [-0.1, -0.05) is 30.3 Å². The number of likely N-dealkylation sites (N-methyl/N-ethyl adjacent to an activating group) is 1. The Labute approximate surface area is 166 Å². The molecule has 3 heterocycles. The molecule has 1 spiro atoms. The number of hydrogen-bond donors (Lipinski definition) is 0. The molecule has 2 aromatic rings. The fraction of sp³-hybridized carbons (Fsp3) is 0.500. The van der Waals surface area contributed by atoms with Gasteiger partial charge < -0.3 is 9.80 Å². The highest BCUT2D eigenvalue weighted by Gasteiger charge is 2.51. The SMILES string of the molecule is Cc1cnn(CC(=O)N2CCC3(CC2)C[C@H](Cc2ccccc2)N(C)C3=O)c1. The maximum atomic E-state index is 13.1. The van der Waals surface area contributed by atoms with Gasteiger partial charge in [0.2, 0.25) is 11.8 Å². The van der Waals surface area contributed by atoms with Crippen molar-refractivity contribution in [1.82, 2.24) is 19.6 Å². The summed E-state index contributed by atoms with van der Waals surface area (Å²) >= 11 is 0. The van der Waals surface area contributed by atoms with Crippen molar-refractivity contribution in [2.75, 3.05) is 20.1 Å². The van der Waals surface area contributed by atoms with Crippen molar-refractivity contribution in [3.8, 4) is 0 Å². The molecule has 28 heavy (non-hydrogen) atoms. The number of nitrogens with zero attached hydrogens (tertiary/aromatic N) is 4. The number of amides is 2. The normalized spacial score (nSPS) is 21.5. The molecule has 0 aliphatic carbocycles. The summed E-state index contributed by atoms with van der Waals surface area (Å²) < 4.78 is 1.69. The fourth-order valence-electron chi connectivity index (χ4n) is 4.70. The van der Waals surface area contributed by atoms with Crippen molar-refractivity contribution < 1.29 is 9.59 Å². The highest BCUT2D eigenvalue weighted by Crippen LogP contribution is 2.44. The lowest BCUT2D eigenvalue weighted by molar-refractivity contribution is -0.142. The van der Waals surface area contributed by atoms with Gasteiger partial charge in [0.05, 0.1) is 11.6 Å². The van der Waals surface area contributed by atoms with Crippen LogP contribution in [0.2, 0.25) is 0 Å². The van der Waals surface area contributed by atoms with E-state index in [0.717, 1.165) is 31.2 Å². The lowest BCUT2D eigenvalue weighted by Gasteiger charge is -2.37. The van der Waals surface area contributed by atoms with Crippen molar-refractivity contribution in [3.05, 3.63) is 53.9 Å². The molecule has 0 radical (unpaired) electrons. The summed E-state index contributed by atoms with van der Waals surface area (Å²) in [6, 6.07) is 10.6. The highest BCUT2D eigenvalue weighted by atomic mass is 16.2. The third kappa shape index (κ3) is 3.55. The Hall–Kier alpha value is -2.63. The average Bonchev–Trinajstić information content (AvgIpc) is 3.20. The summed E-state index contributed by atoms with van der Waals surface area (Å²) in [6.07, 6.45) is 6.94. The summed E-state index contributed by atoms with van der Waals surface area (Å²) in [4.78, 5) is 29.5. The van der Waals surface area contributed by atoms with E-state index in [1.54, 1.807) is 10.9 Å². The van der Waals surface area contributed by atoms with Gasteiger partial charge >= 0.3 is 0 Å². The third-order valence-electron chi connectivity index (χ3n) is 6.40. The van der Waals surface area contributed by atoms with Crippen LogP contribution in [0.25, 0.3) is 0 Å². The van der Waals surface area contributed by atoms with Crippen LogP contribution < -0.4 is 0 Å². The lowest BCUT2D eigenvalue weighted by Crippen LogP contribution is -2.47. The molecule has 1 atom stereocenters. The Bertz CT molecular complexity index is 852. The first-order chi connectivity index (χ1) is 13.5. The minimum atomic E-state index is -0.298. The van der Waals surface area contributed by atoms with Gasteiger partial charge in [-0.25, -0.2) is 0 Å². The number of aryl methyl sites for hydroxylation is 1. The number of piperidine rings is 1. The molecule has 2 amide bonds. The van der Waals surface area contributed by atoms with E-state index in [9.17, 15) is 9.59 Å². The molecule has 0 bridgehead atoms. The first-order valence-corrected chi connectivity index (χ1v) is 10.0. The molecule has 6 heteroatoms. The lowest BCUT2D eigenvalue weighted by atomic mass is 9.75. The molecule has 148 valence electrons. The maximum Gasteiger partial charge on any atom is 0.244 e. The van der Waals surface area contributed by atoms with Crippen molar-refractivity contribution in [2.45, 2.75) is 45.2 Å². The molecule has 1 aromatic heterocycles. The van der Waals surface area contributed by atoms with Crippen LogP contribution in [-0.2, 0) is 22.6 Å². The molecule has 0 N–H and O–H groups in total. The second-order valence-electron chi connectivity index (χ2n) is 8.34. The van der Waals surface area contributed by atoms with Gasteiger partial charge in [-0.15, -0.1) is 0 Å². The van der Waals surface area contributed by atoms with Crippen LogP contribution in [0.4, 0.5) is 0 Å². The zero-order chi connectivity index (χ0) is 19.7. The second kappa shape index (κ2) is 7.41. The zero-order valence-corrected chi connectivity index (χ0v) is 16.7. The number of rotatable bonds is 4. The molecular weight excluding hydrogens is 352 g/mol. The predicted molar refractivity (Wildman–Crippen MR) is 107 cm³/mol. The molecule has 1 aromatic carbocycles. The first kappa shape index (κ1) is 18.7. The van der Waals surface area contributed by atoms with E-state index in [1.165, 1.54) is 5.56 Å². The van der Waals surface area contributed by atoms with Gasteiger partial charge in [0.15, 0.2) is 0 Å². The molecule has 2 aliphatic rings. The van der Waals surface area contributed by atoms with E-state index < -0.39 is 0 Å². The number of likely N-dealkylation sites (tertiary alicyclic amines) is 2. The summed E-state index contributed by atoms with van der Waals surface area (Å²) in [6.45, 7) is 3.53. The summed E-state index contributed by atoms with van der Waals surface area (Å²) in [7, 11) is 1.93. The number of carbonyl (C=O) groups excluding carboxylic acids is 2. The van der Waals surface area contributed by atoms with Crippen molar-refractivity contribution in [3.63, 3.8) is 0 Å². The monoisotopic (exact) mass is 380 g/mol. The molecule has 0 saturated carbocycles. The van der Waals surface area contributed by atoms with Crippen LogP contribution in [0, 0.1) is 12.3 Å². The van der Waals surface area contributed by atoms with Crippen LogP contribution in [0.5, 0.6) is 0 Å². The van der Waals surface area contributed by atoms with Crippen LogP contribution in [0.15, 0.2) is 42.7 Å². The van der Waals surface area contributed by atoms with Gasteiger partial charge in [-0.2, -0.15) is 5.10 Å². The van der Waals surface area contributed by atoms with Gasteiger partial charge in [0.1, 0.15) is 6.54 Å². The molecule has 6 nitrogen and oxygen atoms in total. The topological polar surface area (TPSA) is 58.4 Å². The second-order valence-corrected chi connectivity index (χ2v) is 8.34. The molecular formula is C22H28N4O2. The van der Waals surface area contributed by atoms with Crippen molar-refractivity contribution in [2.24, 2.45) is 5.41 Å². The number of benzene rings is 1. The van der Waals surface area contributed by atoms with Crippen molar-refractivity contribution in [1.29, 1.82) is 0 Å². The van der Waals surface area contributed by atoms with Crippen LogP contribution >= 0.6 is 0 Å². The zero-order valence-electron chi connectivity index (χ0n) is 16.7. The Morgan fingerprint density at radius 2 is 1.93 bits per heavy atom. The van der Waals surface area contributed by atoms with Gasteiger partial charge in [0, 0.05) is 32.4 Å². The molecule has 2 fully saturated rings. The Kier molecular flexibility index (Phi) is 4.96. The third-order valence-corrected chi connectivity index (χ3v) is 6.40. The first-order valence-electron chi connectivity index (χ1n) is 10.0. The quantitative estimate of drug-likeness (QED) is 0.818. The molecule has 2 aliphatic heterocycles. The average molecular weight is 380 g/mol. The predicted octanol–water partition coefficient (Wildman–Crippen LogP) is 2.27. The Balaban J connectivity index is 1.37. The van der Waals surface area contributed by atoms with Crippen LogP contribution in [0.3, 0.4) is 0 Å². The van der Waals surface area contributed by atoms with E-state index in [-0.39, 0.29) is 29.8 Å². The number of carbonyl (C=O) groups is 2. The Morgan fingerprint density at radius 1 is 1.21 bits per heavy atom. The van der Waals surface area contributed by atoms with Gasteiger partial charge in [-0.3, -0.25) is 14.3 Å². The minimum absolute atomic E-state index is 0.0811. The van der Waals surface area contributed by atoms with Crippen LogP contribution in [0.1, 0.15) is 30.4 Å². The van der Waals surface area contributed by atoms with Crippen LogP contribution in [-0.4, -0.2) is 57.6 Å². The molecule has 2 saturated heterocycles. The molecule has 4 rings (SSSR count). The van der Waals surface area contributed by atoms with Gasteiger partial charge in [0.25, 0.3) is 0 Å². The molecule has 0 unspecified atom stereocenters. The van der Waals surface area contributed by atoms with E-state index in [1.807, 2.05) is 48.2 Å². The van der Waals surface area contributed by atoms with Crippen molar-refractivity contribution >= 4 is 11.8 Å². The summed E-state index contributed by atoms with van der Waals surface area (Å²) in [5.74, 6) is 0.334. The summed E-state index contributed by atoms with van der Waals surface area (Å²) in [5, 5.41) is 4.20. The smallest absolute Gasteiger partial charge is 0.244 e. The van der Waals surface area contributed by atoms with E-state index in [0.29, 0.717) is 13.1 Å². The van der Waals surface area contributed by atoms with E-state index >= 15 is 0 Å². The van der Waals surface area contributed by atoms with Gasteiger partial charge in [-0.05, 0) is 43.7 Å². The summed E-state index contributed by atoms with van der Waals surface area (Å²) in [5.41, 5.74) is 2.02. The minimum Gasteiger partial charge on any atom is -0.342 e. The fourth-order valence-corrected chi connectivity index (χ4v) is 4.70. The highest BCUT2D eigenvalue weighted by molar-refractivity contribution is 5.86. The van der Waals surface area contributed by atoms with E-state index in [2.05, 4.69) is 17.2 Å². The Morgan fingerprint density at radius 3 is 2.57 bits per heavy atom. The van der Waals surface area contributed by atoms with E-state index in [4.69, 9.17) is 0 Å². The number of hydrogen-bond acceptors (Lipinski definition) is 3. The largest absolute Gasteiger partial charge is 0.342 e. The standard InChI is InChI=1S/C22H28N4O2/c1-17-14-23-26(15-17)16-20(27)25-10-8-22(9-11-25)13-19(24(2)21(22)28)12-18-6-4-3-5-7-18/h3-7,14-15,19H,8-13,16H2,1-2H3/t19-/m0/s1. The number of aromatic nitrogens is 2. The maximum absolute atomic E-state index is 13.1.